The largest absolute Gasteiger partial charge is 0.472 e. The standard InChI is InChI=1S/C10H11ClF2N2O2/c1-10(2,9(16)15-14)17-8-6(12)3-5(11)4-7(8)13/h3-4H,14H2,1-2H3,(H,15,16). The molecule has 4 nitrogen and oxygen atoms in total. The van der Waals surface area contributed by atoms with E-state index in [1.165, 1.54) is 13.8 Å². The van der Waals surface area contributed by atoms with E-state index in [0.29, 0.717) is 0 Å². The van der Waals surface area contributed by atoms with Gasteiger partial charge in [-0.25, -0.2) is 14.6 Å². The highest BCUT2D eigenvalue weighted by atomic mass is 35.5. The van der Waals surface area contributed by atoms with Crippen LogP contribution in [0.5, 0.6) is 5.75 Å². The van der Waals surface area contributed by atoms with E-state index >= 15 is 0 Å². The summed E-state index contributed by atoms with van der Waals surface area (Å²) < 4.78 is 31.8. The molecule has 1 aromatic carbocycles. The van der Waals surface area contributed by atoms with Crippen molar-refractivity contribution in [3.05, 3.63) is 28.8 Å². The summed E-state index contributed by atoms with van der Waals surface area (Å²) in [6.45, 7) is 2.64. The second-order valence-corrected chi connectivity index (χ2v) is 4.22. The fourth-order valence-electron chi connectivity index (χ4n) is 1.10. The third-order valence-corrected chi connectivity index (χ3v) is 2.22. The fraction of sp³-hybridized carbons (Fsp3) is 0.300. The predicted molar refractivity (Wildman–Crippen MR) is 58.4 cm³/mol. The SMILES string of the molecule is CC(C)(Oc1c(F)cc(Cl)cc1F)C(=O)NN. The van der Waals surface area contributed by atoms with Gasteiger partial charge in [0.05, 0.1) is 0 Å². The number of carbonyl (C=O) groups excluding carboxylic acids is 1. The van der Waals surface area contributed by atoms with Crippen molar-refractivity contribution in [1.29, 1.82) is 0 Å². The Bertz CT molecular complexity index is 429. The highest BCUT2D eigenvalue weighted by Gasteiger charge is 2.31. The Balaban J connectivity index is 3.07. The van der Waals surface area contributed by atoms with Crippen molar-refractivity contribution in [2.75, 3.05) is 0 Å². The summed E-state index contributed by atoms with van der Waals surface area (Å²) in [5, 5.41) is -0.103. The van der Waals surface area contributed by atoms with Gasteiger partial charge in [0.1, 0.15) is 0 Å². The lowest BCUT2D eigenvalue weighted by Gasteiger charge is -2.24. The highest BCUT2D eigenvalue weighted by molar-refractivity contribution is 6.30. The third kappa shape index (κ3) is 3.04. The molecular weight excluding hydrogens is 254 g/mol. The van der Waals surface area contributed by atoms with E-state index in [2.05, 4.69) is 0 Å². The summed E-state index contributed by atoms with van der Waals surface area (Å²) in [6.07, 6.45) is 0. The molecule has 1 amide bonds. The molecule has 94 valence electrons. The molecular formula is C10H11ClF2N2O2. The number of halogens is 3. The lowest BCUT2D eigenvalue weighted by atomic mass is 10.1. The van der Waals surface area contributed by atoms with Crippen LogP contribution in [-0.2, 0) is 4.79 Å². The van der Waals surface area contributed by atoms with Gasteiger partial charge < -0.3 is 4.74 Å². The quantitative estimate of drug-likeness (QED) is 0.497. The van der Waals surface area contributed by atoms with Crippen molar-refractivity contribution >= 4 is 17.5 Å². The molecule has 7 heteroatoms. The van der Waals surface area contributed by atoms with E-state index in [1.54, 1.807) is 0 Å². The van der Waals surface area contributed by atoms with Gasteiger partial charge in [0.15, 0.2) is 23.0 Å². The van der Waals surface area contributed by atoms with E-state index in [9.17, 15) is 13.6 Å². The van der Waals surface area contributed by atoms with Crippen LogP contribution in [0.4, 0.5) is 8.78 Å². The van der Waals surface area contributed by atoms with Crippen LogP contribution in [0.15, 0.2) is 12.1 Å². The number of hydrazine groups is 1. The summed E-state index contributed by atoms with van der Waals surface area (Å²) >= 11 is 5.45. The number of nitrogens with two attached hydrogens (primary N) is 1. The first-order valence-corrected chi connectivity index (χ1v) is 5.00. The van der Waals surface area contributed by atoms with Gasteiger partial charge in [-0.3, -0.25) is 10.2 Å². The van der Waals surface area contributed by atoms with Gasteiger partial charge in [0.25, 0.3) is 5.91 Å². The van der Waals surface area contributed by atoms with Crippen molar-refractivity contribution in [3.63, 3.8) is 0 Å². The molecule has 0 aliphatic heterocycles. The minimum atomic E-state index is -1.51. The summed E-state index contributed by atoms with van der Waals surface area (Å²) in [7, 11) is 0. The molecule has 0 atom stereocenters. The molecule has 0 aliphatic rings. The number of hydrogen-bond acceptors (Lipinski definition) is 3. The zero-order valence-corrected chi connectivity index (χ0v) is 9.94. The smallest absolute Gasteiger partial charge is 0.277 e. The molecule has 17 heavy (non-hydrogen) atoms. The minimum Gasteiger partial charge on any atom is -0.472 e. The van der Waals surface area contributed by atoms with Crippen molar-refractivity contribution in [1.82, 2.24) is 5.43 Å². The Morgan fingerprint density at radius 3 is 2.29 bits per heavy atom. The summed E-state index contributed by atoms with van der Waals surface area (Å²) in [5.41, 5.74) is 0.331. The number of nitrogens with one attached hydrogen (secondary N) is 1. The molecule has 0 bridgehead atoms. The van der Waals surface area contributed by atoms with Crippen LogP contribution >= 0.6 is 11.6 Å². The Morgan fingerprint density at radius 1 is 1.41 bits per heavy atom. The Morgan fingerprint density at radius 2 is 1.88 bits per heavy atom. The zero-order valence-electron chi connectivity index (χ0n) is 9.18. The van der Waals surface area contributed by atoms with Crippen molar-refractivity contribution in [2.24, 2.45) is 5.84 Å². The summed E-state index contributed by atoms with van der Waals surface area (Å²) in [6, 6.07) is 1.77. The predicted octanol–water partition coefficient (Wildman–Crippen LogP) is 1.77. The van der Waals surface area contributed by atoms with Crippen LogP contribution in [0.25, 0.3) is 0 Å². The monoisotopic (exact) mass is 264 g/mol. The van der Waals surface area contributed by atoms with Gasteiger partial charge in [-0.2, -0.15) is 0 Å². The zero-order chi connectivity index (χ0) is 13.2. The first-order chi connectivity index (χ1) is 7.77. The van der Waals surface area contributed by atoms with E-state index in [4.69, 9.17) is 22.2 Å². The number of rotatable bonds is 3. The van der Waals surface area contributed by atoms with E-state index in [1.807, 2.05) is 5.43 Å². The highest BCUT2D eigenvalue weighted by Crippen LogP contribution is 2.28. The fourth-order valence-corrected chi connectivity index (χ4v) is 1.29. The summed E-state index contributed by atoms with van der Waals surface area (Å²) in [4.78, 5) is 11.3. The van der Waals surface area contributed by atoms with E-state index < -0.39 is 28.9 Å². The number of amides is 1. The van der Waals surface area contributed by atoms with Crippen molar-refractivity contribution in [2.45, 2.75) is 19.4 Å². The van der Waals surface area contributed by atoms with Gasteiger partial charge in [0, 0.05) is 5.02 Å². The van der Waals surface area contributed by atoms with Gasteiger partial charge >= 0.3 is 0 Å². The van der Waals surface area contributed by atoms with Crippen LogP contribution in [0.3, 0.4) is 0 Å². The molecule has 0 aromatic heterocycles. The maximum Gasteiger partial charge on any atom is 0.277 e. The Hall–Kier alpha value is -1.40. The molecule has 3 N–H and O–H groups in total. The topological polar surface area (TPSA) is 64.3 Å². The number of hydrogen-bond donors (Lipinski definition) is 2. The van der Waals surface area contributed by atoms with E-state index in [0.717, 1.165) is 12.1 Å². The molecule has 0 heterocycles. The lowest BCUT2D eigenvalue weighted by molar-refractivity contribution is -0.134. The molecule has 0 saturated heterocycles. The van der Waals surface area contributed by atoms with Gasteiger partial charge in [-0.15, -0.1) is 0 Å². The minimum absolute atomic E-state index is 0.103. The lowest BCUT2D eigenvalue weighted by Crippen LogP contribution is -2.49. The average Bonchev–Trinajstić information content (AvgIpc) is 2.22. The molecule has 0 spiro atoms. The van der Waals surface area contributed by atoms with Gasteiger partial charge in [0.2, 0.25) is 0 Å². The first kappa shape index (κ1) is 13.7. The third-order valence-electron chi connectivity index (χ3n) is 2.00. The molecule has 1 aromatic rings. The van der Waals surface area contributed by atoms with Gasteiger partial charge in [-0.05, 0) is 26.0 Å². The van der Waals surface area contributed by atoms with Crippen LogP contribution in [0.2, 0.25) is 5.02 Å². The normalized spacial score (nSPS) is 11.2. The Kier molecular flexibility index (Phi) is 3.90. The molecule has 0 aliphatic carbocycles. The number of ether oxygens (including phenoxy) is 1. The van der Waals surface area contributed by atoms with Crippen LogP contribution in [0, 0.1) is 11.6 Å². The van der Waals surface area contributed by atoms with Crippen molar-refractivity contribution in [3.8, 4) is 5.75 Å². The molecule has 0 saturated carbocycles. The van der Waals surface area contributed by atoms with E-state index in [-0.39, 0.29) is 5.02 Å². The molecule has 1 rings (SSSR count). The van der Waals surface area contributed by atoms with Gasteiger partial charge in [-0.1, -0.05) is 11.6 Å². The van der Waals surface area contributed by atoms with Crippen LogP contribution in [-0.4, -0.2) is 11.5 Å². The summed E-state index contributed by atoms with van der Waals surface area (Å²) in [5.74, 6) is 1.54. The Labute approximate surface area is 102 Å². The molecule has 0 fully saturated rings. The van der Waals surface area contributed by atoms with Crippen LogP contribution < -0.4 is 16.0 Å². The molecule has 0 radical (unpaired) electrons. The van der Waals surface area contributed by atoms with Crippen LogP contribution in [0.1, 0.15) is 13.8 Å². The maximum absolute atomic E-state index is 13.4. The molecule has 0 unspecified atom stereocenters. The maximum atomic E-state index is 13.4. The number of benzene rings is 1. The van der Waals surface area contributed by atoms with Crippen molar-refractivity contribution < 1.29 is 18.3 Å². The first-order valence-electron chi connectivity index (χ1n) is 4.62. The second kappa shape index (κ2) is 4.85. The second-order valence-electron chi connectivity index (χ2n) is 3.78. The average molecular weight is 265 g/mol. The number of carbonyl (C=O) groups is 1.